The largest absolute Gasteiger partial charge is 0.422 e. The lowest BCUT2D eigenvalue weighted by molar-refractivity contribution is 0.0723. The lowest BCUT2D eigenvalue weighted by atomic mass is 10.1. The normalized spacial score (nSPS) is 10.7. The van der Waals surface area contributed by atoms with Gasteiger partial charge in [0, 0.05) is 11.5 Å². The zero-order chi connectivity index (χ0) is 16.4. The molecular weight excluding hydrogens is 302 g/mol. The second-order valence-electron chi connectivity index (χ2n) is 4.75. The summed E-state index contributed by atoms with van der Waals surface area (Å²) in [6.45, 7) is -0.180. The van der Waals surface area contributed by atoms with Gasteiger partial charge in [-0.15, -0.1) is 0 Å². The molecule has 7 heteroatoms. The molecule has 23 heavy (non-hydrogen) atoms. The fourth-order valence-corrected chi connectivity index (χ4v) is 2.06. The third-order valence-corrected chi connectivity index (χ3v) is 3.14. The molecular formula is C16H11NO6. The van der Waals surface area contributed by atoms with E-state index >= 15 is 0 Å². The van der Waals surface area contributed by atoms with E-state index in [9.17, 15) is 14.4 Å². The maximum Gasteiger partial charge on any atom is 0.352 e. The van der Waals surface area contributed by atoms with Crippen LogP contribution in [-0.2, 0) is 6.61 Å². The van der Waals surface area contributed by atoms with Crippen molar-refractivity contribution >= 4 is 16.9 Å². The Hall–Kier alpha value is -3.19. The number of nitrogens with one attached hydrogen (secondary N) is 1. The molecule has 0 saturated heterocycles. The molecule has 0 spiro atoms. The van der Waals surface area contributed by atoms with Crippen LogP contribution in [0.1, 0.15) is 15.9 Å². The third kappa shape index (κ3) is 3.04. The van der Waals surface area contributed by atoms with Crippen molar-refractivity contribution in [2.24, 2.45) is 0 Å². The van der Waals surface area contributed by atoms with Gasteiger partial charge in [0.05, 0.1) is 6.61 Å². The second kappa shape index (κ2) is 5.90. The molecule has 7 nitrogen and oxygen atoms in total. The summed E-state index contributed by atoms with van der Waals surface area (Å²) in [6.07, 6.45) is 0. The minimum absolute atomic E-state index is 0.0777. The van der Waals surface area contributed by atoms with E-state index in [0.29, 0.717) is 10.9 Å². The maximum absolute atomic E-state index is 12.1. The van der Waals surface area contributed by atoms with Gasteiger partial charge in [-0.3, -0.25) is 9.78 Å². The molecule has 2 heterocycles. The van der Waals surface area contributed by atoms with Gasteiger partial charge in [0.1, 0.15) is 11.1 Å². The van der Waals surface area contributed by atoms with Crippen LogP contribution in [0, 0.1) is 0 Å². The van der Waals surface area contributed by atoms with Gasteiger partial charge in [0.2, 0.25) is 5.88 Å². The van der Waals surface area contributed by atoms with Crippen LogP contribution in [0.25, 0.3) is 11.0 Å². The molecule has 0 aliphatic rings. The molecule has 1 aromatic carbocycles. The highest BCUT2D eigenvalue weighted by Crippen LogP contribution is 2.16. The predicted octanol–water partition coefficient (Wildman–Crippen LogP) is 1.19. The van der Waals surface area contributed by atoms with Crippen molar-refractivity contribution in [1.82, 2.24) is 4.98 Å². The van der Waals surface area contributed by atoms with Crippen molar-refractivity contribution in [3.05, 3.63) is 74.4 Å². The van der Waals surface area contributed by atoms with Crippen LogP contribution in [0.4, 0.5) is 0 Å². The van der Waals surface area contributed by atoms with Crippen LogP contribution >= 0.6 is 0 Å². The molecule has 0 unspecified atom stereocenters. The van der Waals surface area contributed by atoms with Gasteiger partial charge in [0.15, 0.2) is 0 Å². The van der Waals surface area contributed by atoms with Crippen molar-refractivity contribution in [2.45, 2.75) is 6.61 Å². The zero-order valence-corrected chi connectivity index (χ0v) is 11.7. The maximum atomic E-state index is 12.1. The summed E-state index contributed by atoms with van der Waals surface area (Å²) in [6, 6.07) is 10.1. The summed E-state index contributed by atoms with van der Waals surface area (Å²) < 4.78 is 10.0. The number of carbonyl (C=O) groups excluding carboxylic acids is 1. The fourth-order valence-electron chi connectivity index (χ4n) is 2.06. The van der Waals surface area contributed by atoms with E-state index in [4.69, 9.17) is 14.3 Å². The molecule has 0 aliphatic carbocycles. The van der Waals surface area contributed by atoms with Gasteiger partial charge < -0.3 is 14.3 Å². The Labute approximate surface area is 128 Å². The monoisotopic (exact) mass is 313 g/mol. The topological polar surface area (TPSA) is 110 Å². The Morgan fingerprint density at radius 3 is 2.74 bits per heavy atom. The molecule has 0 aliphatic heterocycles. The Bertz CT molecular complexity index is 1000. The van der Waals surface area contributed by atoms with Crippen LogP contribution in [-0.4, -0.2) is 16.1 Å². The molecule has 0 amide bonds. The van der Waals surface area contributed by atoms with Gasteiger partial charge in [0.25, 0.3) is 5.56 Å². The summed E-state index contributed by atoms with van der Waals surface area (Å²) in [5.74, 6) is -1.02. The van der Waals surface area contributed by atoms with Crippen molar-refractivity contribution in [1.29, 1.82) is 0 Å². The quantitative estimate of drug-likeness (QED) is 0.555. The first-order chi connectivity index (χ1) is 11.1. The van der Waals surface area contributed by atoms with Crippen molar-refractivity contribution in [3.8, 4) is 5.88 Å². The number of hydrogen-bond donors (Lipinski definition) is 2. The van der Waals surface area contributed by atoms with Crippen molar-refractivity contribution < 1.29 is 19.1 Å². The summed E-state index contributed by atoms with van der Waals surface area (Å²) in [5, 5.41) is 9.61. The molecule has 0 bridgehead atoms. The Kier molecular flexibility index (Phi) is 3.78. The molecule has 0 radical (unpaired) electrons. The Balaban J connectivity index is 2.01. The van der Waals surface area contributed by atoms with Crippen LogP contribution < -0.4 is 15.9 Å². The van der Waals surface area contributed by atoms with E-state index in [1.165, 1.54) is 30.3 Å². The standard InChI is InChI=1S/C16H11NO6/c18-8-9-4-5-12-10(6-9)7-11(15(20)22-12)16(21)23-14-3-1-2-13(19)17-14/h1-7,18H,8H2,(H,17,19). The summed E-state index contributed by atoms with van der Waals surface area (Å²) >= 11 is 0. The minimum atomic E-state index is -0.947. The van der Waals surface area contributed by atoms with Gasteiger partial charge in [-0.25, -0.2) is 9.59 Å². The van der Waals surface area contributed by atoms with E-state index in [2.05, 4.69) is 4.98 Å². The molecule has 0 fully saturated rings. The predicted molar refractivity (Wildman–Crippen MR) is 80.4 cm³/mol. The lowest BCUT2D eigenvalue weighted by Crippen LogP contribution is -2.20. The molecule has 0 saturated carbocycles. The van der Waals surface area contributed by atoms with Crippen molar-refractivity contribution in [3.63, 3.8) is 0 Å². The zero-order valence-electron chi connectivity index (χ0n) is 11.7. The number of benzene rings is 1. The number of ether oxygens (including phenoxy) is 1. The smallest absolute Gasteiger partial charge is 0.352 e. The van der Waals surface area contributed by atoms with Gasteiger partial charge in [-0.1, -0.05) is 12.1 Å². The number of aromatic amines is 1. The van der Waals surface area contributed by atoms with Crippen LogP contribution in [0.15, 0.2) is 56.5 Å². The SMILES string of the molecule is O=C(Oc1cccc(=O)[nH]1)c1cc2cc(CO)ccc2oc1=O. The second-order valence-corrected chi connectivity index (χ2v) is 4.75. The summed E-state index contributed by atoms with van der Waals surface area (Å²) in [7, 11) is 0. The number of fused-ring (bicyclic) bond motifs is 1. The van der Waals surface area contributed by atoms with Gasteiger partial charge in [-0.2, -0.15) is 0 Å². The molecule has 2 N–H and O–H groups in total. The highest BCUT2D eigenvalue weighted by molar-refractivity contribution is 5.94. The number of aliphatic hydroxyl groups excluding tert-OH is 1. The molecule has 3 rings (SSSR count). The summed E-state index contributed by atoms with van der Waals surface area (Å²) in [5.41, 5.74) is -0.696. The van der Waals surface area contributed by atoms with Gasteiger partial charge >= 0.3 is 11.6 Å². The highest BCUT2D eigenvalue weighted by Gasteiger charge is 2.16. The number of aromatic nitrogens is 1. The average Bonchev–Trinajstić information content (AvgIpc) is 2.53. The highest BCUT2D eigenvalue weighted by atomic mass is 16.5. The molecule has 2 aromatic heterocycles. The van der Waals surface area contributed by atoms with Crippen LogP contribution in [0.2, 0.25) is 0 Å². The first kappa shape index (κ1) is 14.7. The van der Waals surface area contributed by atoms with Crippen molar-refractivity contribution in [2.75, 3.05) is 0 Å². The lowest BCUT2D eigenvalue weighted by Gasteiger charge is -2.04. The first-order valence-corrected chi connectivity index (χ1v) is 6.66. The number of hydrogen-bond acceptors (Lipinski definition) is 6. The molecule has 3 aromatic rings. The third-order valence-electron chi connectivity index (χ3n) is 3.14. The summed E-state index contributed by atoms with van der Waals surface area (Å²) in [4.78, 5) is 37.5. The number of pyridine rings is 1. The number of rotatable bonds is 3. The van der Waals surface area contributed by atoms with Crippen LogP contribution in [0.3, 0.4) is 0 Å². The van der Waals surface area contributed by atoms with Crippen LogP contribution in [0.5, 0.6) is 5.88 Å². The molecule has 0 atom stereocenters. The van der Waals surface area contributed by atoms with E-state index in [1.54, 1.807) is 12.1 Å². The van der Waals surface area contributed by atoms with Gasteiger partial charge in [-0.05, 0) is 29.8 Å². The number of carbonyl (C=O) groups is 1. The molecule has 116 valence electrons. The fraction of sp³-hybridized carbons (Fsp3) is 0.0625. The number of esters is 1. The van der Waals surface area contributed by atoms with E-state index in [-0.39, 0.29) is 23.6 Å². The minimum Gasteiger partial charge on any atom is -0.422 e. The first-order valence-electron chi connectivity index (χ1n) is 6.66. The number of aliphatic hydroxyl groups is 1. The Morgan fingerprint density at radius 1 is 1.17 bits per heavy atom. The van der Waals surface area contributed by atoms with E-state index in [1.807, 2.05) is 0 Å². The number of H-pyrrole nitrogens is 1. The van der Waals surface area contributed by atoms with E-state index in [0.717, 1.165) is 0 Å². The average molecular weight is 313 g/mol. The van der Waals surface area contributed by atoms with E-state index < -0.39 is 17.2 Å². The Morgan fingerprint density at radius 2 is 2.00 bits per heavy atom.